The average Bonchev–Trinajstić information content (AvgIpc) is 3.21. The van der Waals surface area contributed by atoms with Crippen LogP contribution in [0.2, 0.25) is 0 Å². The predicted octanol–water partition coefficient (Wildman–Crippen LogP) is 6.39. The monoisotopic (exact) mass is 379 g/mol. The molecule has 5 heteroatoms. The van der Waals surface area contributed by atoms with Crippen LogP contribution in [0.5, 0.6) is 0 Å². The first-order valence-electron chi connectivity index (χ1n) is 8.33. The van der Waals surface area contributed by atoms with Crippen molar-refractivity contribution in [2.24, 2.45) is 0 Å². The molecule has 130 valence electrons. The average molecular weight is 379 g/mol. The van der Waals surface area contributed by atoms with E-state index in [4.69, 9.17) is 4.42 Å². The molecule has 0 amide bonds. The predicted molar refractivity (Wildman–Crippen MR) is 110 cm³/mol. The molecule has 0 bridgehead atoms. The molecule has 0 unspecified atom stereocenters. The van der Waals surface area contributed by atoms with Crippen molar-refractivity contribution in [3.8, 4) is 0 Å². The van der Waals surface area contributed by atoms with Crippen molar-refractivity contribution < 1.29 is 8.98 Å². The van der Waals surface area contributed by atoms with Crippen molar-refractivity contribution >= 4 is 28.9 Å². The minimum absolute atomic E-state index is 0.423. The van der Waals surface area contributed by atoms with Crippen molar-refractivity contribution in [1.82, 2.24) is 5.09 Å². The van der Waals surface area contributed by atoms with Gasteiger partial charge in [-0.05, 0) is 23.3 Å². The van der Waals surface area contributed by atoms with Gasteiger partial charge in [0.05, 0.1) is 12.8 Å². The zero-order chi connectivity index (χ0) is 17.8. The van der Waals surface area contributed by atoms with E-state index in [9.17, 15) is 4.57 Å². The first kappa shape index (κ1) is 17.2. The molecule has 0 saturated heterocycles. The van der Waals surface area contributed by atoms with Crippen LogP contribution in [0.3, 0.4) is 0 Å². The van der Waals surface area contributed by atoms with E-state index in [1.165, 1.54) is 0 Å². The summed E-state index contributed by atoms with van der Waals surface area (Å²) in [7, 11) is -2.85. The minimum atomic E-state index is -2.85. The van der Waals surface area contributed by atoms with Crippen LogP contribution in [-0.2, 0) is 11.1 Å². The SMILES string of the molecule is O=P1(NCc2ccco2)C=C(c2ccccc2)SC(c2ccccc2)=C1. The van der Waals surface area contributed by atoms with E-state index in [1.807, 2.05) is 84.4 Å². The second-order valence-corrected chi connectivity index (χ2v) is 9.28. The van der Waals surface area contributed by atoms with Gasteiger partial charge in [-0.15, -0.1) is 0 Å². The third kappa shape index (κ3) is 3.94. The van der Waals surface area contributed by atoms with Crippen molar-refractivity contribution in [1.29, 1.82) is 0 Å². The van der Waals surface area contributed by atoms with Crippen LogP contribution in [0.25, 0.3) is 9.81 Å². The Morgan fingerprint density at radius 3 is 1.88 bits per heavy atom. The van der Waals surface area contributed by atoms with Gasteiger partial charge >= 0.3 is 0 Å². The Kier molecular flexibility index (Phi) is 4.98. The molecule has 1 aromatic heterocycles. The van der Waals surface area contributed by atoms with E-state index in [2.05, 4.69) is 5.09 Å². The summed E-state index contributed by atoms with van der Waals surface area (Å²) in [5.41, 5.74) is 2.14. The molecule has 3 aromatic rings. The fourth-order valence-corrected chi connectivity index (χ4v) is 6.50. The first-order chi connectivity index (χ1) is 12.7. The molecule has 0 spiro atoms. The van der Waals surface area contributed by atoms with Crippen LogP contribution in [0.1, 0.15) is 16.9 Å². The van der Waals surface area contributed by atoms with Gasteiger partial charge in [0.2, 0.25) is 0 Å². The molecule has 0 atom stereocenters. The van der Waals surface area contributed by atoms with Crippen molar-refractivity contribution in [2.45, 2.75) is 6.54 Å². The fraction of sp³-hybridized carbons (Fsp3) is 0.0476. The Morgan fingerprint density at radius 2 is 1.38 bits per heavy atom. The molecule has 1 aliphatic heterocycles. The van der Waals surface area contributed by atoms with Crippen LogP contribution in [-0.4, -0.2) is 0 Å². The third-order valence-electron chi connectivity index (χ3n) is 4.04. The van der Waals surface area contributed by atoms with Crippen molar-refractivity contribution in [2.75, 3.05) is 0 Å². The van der Waals surface area contributed by atoms with E-state index < -0.39 is 7.29 Å². The molecule has 0 saturated carbocycles. The second-order valence-electron chi connectivity index (χ2n) is 5.94. The normalized spacial score (nSPS) is 16.0. The zero-order valence-corrected chi connectivity index (χ0v) is 15.8. The topological polar surface area (TPSA) is 42.2 Å². The lowest BCUT2D eigenvalue weighted by Crippen LogP contribution is -2.08. The molecule has 1 N–H and O–H groups in total. The maximum Gasteiger partial charge on any atom is 0.193 e. The zero-order valence-electron chi connectivity index (χ0n) is 14.0. The smallest absolute Gasteiger partial charge is 0.193 e. The van der Waals surface area contributed by atoms with E-state index in [1.54, 1.807) is 18.0 Å². The second kappa shape index (κ2) is 7.55. The van der Waals surface area contributed by atoms with E-state index >= 15 is 0 Å². The lowest BCUT2D eigenvalue weighted by molar-refractivity contribution is 0.500. The highest BCUT2D eigenvalue weighted by Gasteiger charge is 2.25. The largest absolute Gasteiger partial charge is 0.468 e. The van der Waals surface area contributed by atoms with E-state index in [0.717, 1.165) is 26.7 Å². The van der Waals surface area contributed by atoms with Crippen LogP contribution in [0.15, 0.2) is 95.1 Å². The third-order valence-corrected chi connectivity index (χ3v) is 7.47. The number of furan rings is 1. The summed E-state index contributed by atoms with van der Waals surface area (Å²) < 4.78 is 18.9. The Bertz CT molecular complexity index is 920. The highest BCUT2D eigenvalue weighted by atomic mass is 32.2. The van der Waals surface area contributed by atoms with Gasteiger partial charge in [-0.3, -0.25) is 9.65 Å². The highest BCUT2D eigenvalue weighted by Crippen LogP contribution is 2.58. The van der Waals surface area contributed by atoms with Gasteiger partial charge in [0.25, 0.3) is 0 Å². The molecule has 0 aliphatic carbocycles. The number of rotatable bonds is 5. The van der Waals surface area contributed by atoms with Crippen LogP contribution in [0.4, 0.5) is 0 Å². The minimum Gasteiger partial charge on any atom is -0.468 e. The van der Waals surface area contributed by atoms with Crippen LogP contribution in [0, 0.1) is 0 Å². The van der Waals surface area contributed by atoms with Crippen LogP contribution < -0.4 is 5.09 Å². The van der Waals surface area contributed by atoms with Crippen molar-refractivity contribution in [3.05, 3.63) is 108 Å². The Morgan fingerprint density at radius 1 is 0.808 bits per heavy atom. The fourth-order valence-electron chi connectivity index (χ4n) is 2.73. The van der Waals surface area contributed by atoms with Gasteiger partial charge in [-0.2, -0.15) is 0 Å². The summed E-state index contributed by atoms with van der Waals surface area (Å²) in [6.45, 7) is 0.423. The Hall–Kier alpha value is -2.26. The van der Waals surface area contributed by atoms with Gasteiger partial charge in [0.1, 0.15) is 5.76 Å². The molecule has 0 fully saturated rings. The quantitative estimate of drug-likeness (QED) is 0.522. The van der Waals surface area contributed by atoms with Gasteiger partial charge < -0.3 is 4.42 Å². The molecule has 2 heterocycles. The maximum absolute atomic E-state index is 13.6. The summed E-state index contributed by atoms with van der Waals surface area (Å²) in [4.78, 5) is 2.00. The van der Waals surface area contributed by atoms with Crippen molar-refractivity contribution in [3.63, 3.8) is 0 Å². The molecule has 26 heavy (non-hydrogen) atoms. The van der Waals surface area contributed by atoms with Gasteiger partial charge in [0.15, 0.2) is 7.29 Å². The Labute approximate surface area is 157 Å². The molecular formula is C21H18NO2PS. The molecular weight excluding hydrogens is 361 g/mol. The number of hydrogen-bond donors (Lipinski definition) is 1. The van der Waals surface area contributed by atoms with Crippen LogP contribution >= 0.6 is 19.1 Å². The van der Waals surface area contributed by atoms with E-state index in [-0.39, 0.29) is 0 Å². The standard InChI is InChI=1S/C21H18NO2PS/c23-25(22-14-19-12-7-13-24-19)15-20(17-8-3-1-4-9-17)26-21(16-25)18-10-5-2-6-11-18/h1-13,15-16H,14H2,(H,22,23). The first-order valence-corrected chi connectivity index (χ1v) is 11.0. The molecule has 2 aromatic carbocycles. The van der Waals surface area contributed by atoms with Gasteiger partial charge in [0, 0.05) is 21.4 Å². The number of thioether (sulfide) groups is 1. The highest BCUT2D eigenvalue weighted by molar-refractivity contribution is 8.17. The summed E-state index contributed by atoms with van der Waals surface area (Å²) in [5.74, 6) is 4.49. The number of nitrogens with one attached hydrogen (secondary N) is 1. The molecule has 1 aliphatic rings. The van der Waals surface area contributed by atoms with Gasteiger partial charge in [-0.25, -0.2) is 0 Å². The Balaban J connectivity index is 1.70. The number of benzene rings is 2. The lowest BCUT2D eigenvalue weighted by atomic mass is 10.2. The summed E-state index contributed by atoms with van der Waals surface area (Å²) in [6.07, 6.45) is 1.63. The molecule has 0 radical (unpaired) electrons. The van der Waals surface area contributed by atoms with E-state index in [0.29, 0.717) is 6.54 Å². The summed E-state index contributed by atoms with van der Waals surface area (Å²) in [5, 5.41) is 3.20. The maximum atomic E-state index is 13.6. The summed E-state index contributed by atoms with van der Waals surface area (Å²) >= 11 is 1.65. The molecule has 4 rings (SSSR count). The lowest BCUT2D eigenvalue weighted by Gasteiger charge is -2.22. The number of hydrogen-bond acceptors (Lipinski definition) is 3. The molecule has 3 nitrogen and oxygen atoms in total. The summed E-state index contributed by atoms with van der Waals surface area (Å²) in [6, 6.07) is 23.9. The van der Waals surface area contributed by atoms with Gasteiger partial charge in [-0.1, -0.05) is 72.4 Å².